The second kappa shape index (κ2) is 5.61. The molecule has 1 amide bonds. The molecule has 0 aliphatic carbocycles. The van der Waals surface area contributed by atoms with Gasteiger partial charge in [-0.15, -0.1) is 0 Å². The maximum atomic E-state index is 11.9. The molecule has 2 aliphatic rings. The summed E-state index contributed by atoms with van der Waals surface area (Å²) in [6, 6.07) is 0. The van der Waals surface area contributed by atoms with Crippen LogP contribution in [-0.4, -0.2) is 73.4 Å². The van der Waals surface area contributed by atoms with Crippen LogP contribution in [0, 0.1) is 5.92 Å². The fourth-order valence-electron chi connectivity index (χ4n) is 2.31. The van der Waals surface area contributed by atoms with Crippen molar-refractivity contribution in [1.82, 2.24) is 9.80 Å². The van der Waals surface area contributed by atoms with Crippen molar-refractivity contribution in [2.45, 2.75) is 6.42 Å². The number of morpholine rings is 1. The minimum absolute atomic E-state index is 0.196. The Hall–Kier alpha value is -0.650. The van der Waals surface area contributed by atoms with E-state index in [4.69, 9.17) is 9.84 Å². The Morgan fingerprint density at radius 2 is 2.06 bits per heavy atom. The molecule has 0 radical (unpaired) electrons. The molecule has 2 aliphatic heterocycles. The molecular weight excluding hydrogens is 208 g/mol. The summed E-state index contributed by atoms with van der Waals surface area (Å²) in [6.07, 6.45) is 1.01. The van der Waals surface area contributed by atoms with Gasteiger partial charge in [-0.2, -0.15) is 0 Å². The lowest BCUT2D eigenvalue weighted by molar-refractivity contribution is -0.136. The number of ether oxygens (including phenoxy) is 1. The van der Waals surface area contributed by atoms with Crippen molar-refractivity contribution < 1.29 is 14.6 Å². The van der Waals surface area contributed by atoms with Crippen molar-refractivity contribution in [2.75, 3.05) is 52.5 Å². The third-order valence-electron chi connectivity index (χ3n) is 3.35. The molecule has 2 saturated heterocycles. The highest BCUT2D eigenvalue weighted by Crippen LogP contribution is 2.15. The summed E-state index contributed by atoms with van der Waals surface area (Å²) in [5.74, 6) is 0.555. The predicted molar refractivity (Wildman–Crippen MR) is 59.0 cm³/mol. The van der Waals surface area contributed by atoms with Crippen LogP contribution in [0.5, 0.6) is 0 Å². The van der Waals surface area contributed by atoms with E-state index in [0.29, 0.717) is 25.7 Å². The molecule has 0 aromatic heterocycles. The molecule has 0 spiro atoms. The van der Waals surface area contributed by atoms with Gasteiger partial charge < -0.3 is 14.7 Å². The van der Waals surface area contributed by atoms with Crippen LogP contribution < -0.4 is 0 Å². The summed E-state index contributed by atoms with van der Waals surface area (Å²) in [7, 11) is 0. The van der Waals surface area contributed by atoms with Crippen molar-refractivity contribution in [3.63, 3.8) is 0 Å². The monoisotopic (exact) mass is 228 g/mol. The second-order valence-electron chi connectivity index (χ2n) is 4.57. The Kier molecular flexibility index (Phi) is 4.15. The Balaban J connectivity index is 1.74. The van der Waals surface area contributed by atoms with Gasteiger partial charge in [0.05, 0.1) is 19.8 Å². The highest BCUT2D eigenvalue weighted by molar-refractivity contribution is 5.78. The molecule has 0 unspecified atom stereocenters. The fourth-order valence-corrected chi connectivity index (χ4v) is 2.31. The largest absolute Gasteiger partial charge is 0.396 e. The molecule has 16 heavy (non-hydrogen) atoms. The van der Waals surface area contributed by atoms with Crippen molar-refractivity contribution in [3.8, 4) is 0 Å². The molecular formula is C11H20N2O3. The Morgan fingerprint density at radius 3 is 2.69 bits per heavy atom. The summed E-state index contributed by atoms with van der Waals surface area (Å²) < 4.78 is 5.21. The Labute approximate surface area is 96.0 Å². The van der Waals surface area contributed by atoms with E-state index in [-0.39, 0.29) is 12.5 Å². The van der Waals surface area contributed by atoms with Gasteiger partial charge in [-0.3, -0.25) is 9.69 Å². The first-order chi connectivity index (χ1) is 7.79. The minimum Gasteiger partial charge on any atom is -0.396 e. The highest BCUT2D eigenvalue weighted by Gasteiger charge is 2.25. The molecule has 2 fully saturated rings. The quantitative estimate of drug-likeness (QED) is 0.684. The number of rotatable bonds is 3. The van der Waals surface area contributed by atoms with E-state index in [0.717, 1.165) is 32.6 Å². The molecule has 0 saturated carbocycles. The van der Waals surface area contributed by atoms with Crippen LogP contribution in [0.3, 0.4) is 0 Å². The van der Waals surface area contributed by atoms with Crippen molar-refractivity contribution in [3.05, 3.63) is 0 Å². The van der Waals surface area contributed by atoms with Gasteiger partial charge in [0, 0.05) is 26.2 Å². The van der Waals surface area contributed by atoms with Gasteiger partial charge >= 0.3 is 0 Å². The van der Waals surface area contributed by atoms with E-state index in [2.05, 4.69) is 4.90 Å². The van der Waals surface area contributed by atoms with Crippen LogP contribution in [0.1, 0.15) is 6.42 Å². The zero-order valence-corrected chi connectivity index (χ0v) is 9.60. The van der Waals surface area contributed by atoms with Crippen LogP contribution in [-0.2, 0) is 9.53 Å². The van der Waals surface area contributed by atoms with Gasteiger partial charge in [0.15, 0.2) is 0 Å². The van der Waals surface area contributed by atoms with Gasteiger partial charge in [-0.25, -0.2) is 0 Å². The SMILES string of the molecule is O=C(CN1CC[C@H](CO)C1)N1CCOCC1. The van der Waals surface area contributed by atoms with Crippen molar-refractivity contribution in [1.29, 1.82) is 0 Å². The number of likely N-dealkylation sites (tertiary alicyclic amines) is 1. The molecule has 5 nitrogen and oxygen atoms in total. The standard InChI is InChI=1S/C11H20N2O3/c14-9-10-1-2-12(7-10)8-11(15)13-3-5-16-6-4-13/h10,14H,1-9H2/t10-/m0/s1. The van der Waals surface area contributed by atoms with Gasteiger partial charge in [-0.05, 0) is 18.9 Å². The first kappa shape index (κ1) is 11.8. The fraction of sp³-hybridized carbons (Fsp3) is 0.909. The number of aliphatic hydroxyl groups is 1. The van der Waals surface area contributed by atoms with Crippen molar-refractivity contribution >= 4 is 5.91 Å². The molecule has 1 N–H and O–H groups in total. The lowest BCUT2D eigenvalue weighted by Gasteiger charge is -2.28. The molecule has 1 atom stereocenters. The maximum absolute atomic E-state index is 11.9. The number of hydrogen-bond acceptors (Lipinski definition) is 4. The topological polar surface area (TPSA) is 53.0 Å². The number of hydrogen-bond donors (Lipinski definition) is 1. The maximum Gasteiger partial charge on any atom is 0.236 e. The van der Waals surface area contributed by atoms with Gasteiger partial charge in [0.2, 0.25) is 5.91 Å². The highest BCUT2D eigenvalue weighted by atomic mass is 16.5. The molecule has 92 valence electrons. The van der Waals surface area contributed by atoms with E-state index in [1.807, 2.05) is 4.90 Å². The average molecular weight is 228 g/mol. The van der Waals surface area contributed by atoms with Crippen LogP contribution in [0.15, 0.2) is 0 Å². The summed E-state index contributed by atoms with van der Waals surface area (Å²) in [4.78, 5) is 15.9. The van der Waals surface area contributed by atoms with Gasteiger partial charge in [0.25, 0.3) is 0 Å². The second-order valence-corrected chi connectivity index (χ2v) is 4.57. The van der Waals surface area contributed by atoms with Gasteiger partial charge in [-0.1, -0.05) is 0 Å². The van der Waals surface area contributed by atoms with Crippen LogP contribution in [0.2, 0.25) is 0 Å². The number of aliphatic hydroxyl groups excluding tert-OH is 1. The lowest BCUT2D eigenvalue weighted by Crippen LogP contribution is -2.45. The summed E-state index contributed by atoms with van der Waals surface area (Å²) in [5, 5.41) is 9.03. The van der Waals surface area contributed by atoms with E-state index in [9.17, 15) is 4.79 Å². The molecule has 2 rings (SSSR count). The Morgan fingerprint density at radius 1 is 1.31 bits per heavy atom. The molecule has 0 bridgehead atoms. The van der Waals surface area contributed by atoms with Crippen LogP contribution in [0.25, 0.3) is 0 Å². The third kappa shape index (κ3) is 2.93. The summed E-state index contributed by atoms with van der Waals surface area (Å²) >= 11 is 0. The number of nitrogens with zero attached hydrogens (tertiary/aromatic N) is 2. The number of carbonyl (C=O) groups is 1. The van der Waals surface area contributed by atoms with E-state index in [1.165, 1.54) is 0 Å². The predicted octanol–water partition coefficient (Wildman–Crippen LogP) is -0.841. The van der Waals surface area contributed by atoms with E-state index >= 15 is 0 Å². The number of carbonyl (C=O) groups excluding carboxylic acids is 1. The smallest absolute Gasteiger partial charge is 0.236 e. The van der Waals surface area contributed by atoms with Crippen LogP contribution in [0.4, 0.5) is 0 Å². The first-order valence-corrected chi connectivity index (χ1v) is 5.98. The molecule has 2 heterocycles. The van der Waals surface area contributed by atoms with E-state index < -0.39 is 0 Å². The van der Waals surface area contributed by atoms with Gasteiger partial charge in [0.1, 0.15) is 0 Å². The first-order valence-electron chi connectivity index (χ1n) is 5.98. The molecule has 0 aromatic carbocycles. The Bertz CT molecular complexity index is 241. The van der Waals surface area contributed by atoms with Crippen molar-refractivity contribution in [2.24, 2.45) is 5.92 Å². The normalized spacial score (nSPS) is 27.3. The summed E-state index contributed by atoms with van der Waals surface area (Å²) in [5.41, 5.74) is 0. The minimum atomic E-state index is 0.196. The molecule has 0 aromatic rings. The average Bonchev–Trinajstić information content (AvgIpc) is 2.78. The zero-order chi connectivity index (χ0) is 11.4. The third-order valence-corrected chi connectivity index (χ3v) is 3.35. The van der Waals surface area contributed by atoms with Crippen LogP contribution >= 0.6 is 0 Å². The van der Waals surface area contributed by atoms with E-state index in [1.54, 1.807) is 0 Å². The number of amides is 1. The molecule has 5 heteroatoms. The summed E-state index contributed by atoms with van der Waals surface area (Å²) in [6.45, 7) is 5.27. The zero-order valence-electron chi connectivity index (χ0n) is 9.60. The lowest BCUT2D eigenvalue weighted by atomic mass is 10.1.